The van der Waals surface area contributed by atoms with Crippen LogP contribution < -0.4 is 5.32 Å². The molecule has 1 amide bonds. The van der Waals surface area contributed by atoms with Crippen molar-refractivity contribution in [2.45, 2.75) is 6.92 Å². The molecule has 0 aliphatic heterocycles. The van der Waals surface area contributed by atoms with E-state index in [0.29, 0.717) is 5.56 Å². The van der Waals surface area contributed by atoms with Gasteiger partial charge in [0.1, 0.15) is 0 Å². The van der Waals surface area contributed by atoms with E-state index >= 15 is 0 Å². The molecule has 0 fully saturated rings. The van der Waals surface area contributed by atoms with Gasteiger partial charge in [-0.2, -0.15) is 0 Å². The molecule has 0 aliphatic carbocycles. The van der Waals surface area contributed by atoms with E-state index in [4.69, 9.17) is 0 Å². The van der Waals surface area contributed by atoms with Crippen molar-refractivity contribution in [3.63, 3.8) is 0 Å². The maximum absolute atomic E-state index is 11.7. The van der Waals surface area contributed by atoms with Crippen molar-refractivity contribution in [3.05, 3.63) is 35.9 Å². The maximum Gasteiger partial charge on any atom is 0.230 e. The summed E-state index contributed by atoms with van der Waals surface area (Å²) in [6, 6.07) is 8.82. The Morgan fingerprint density at radius 3 is 2.29 bits per heavy atom. The minimum atomic E-state index is -0.623. The Morgan fingerprint density at radius 1 is 1.21 bits per heavy atom. The number of rotatable bonds is 3. The van der Waals surface area contributed by atoms with Gasteiger partial charge in [-0.1, -0.05) is 30.3 Å². The number of amides is 1. The Balaban J connectivity index is 2.81. The van der Waals surface area contributed by atoms with Crippen LogP contribution in [0.2, 0.25) is 0 Å². The predicted molar refractivity (Wildman–Crippen MR) is 54.0 cm³/mol. The van der Waals surface area contributed by atoms with Crippen molar-refractivity contribution in [3.8, 4) is 0 Å². The number of carbonyl (C=O) groups is 2. The molecule has 74 valence electrons. The Bertz CT molecular complexity index is 332. The maximum atomic E-state index is 11.7. The molecular weight excluding hydrogens is 178 g/mol. The number of nitrogens with one attached hydrogen (secondary N) is 1. The lowest BCUT2D eigenvalue weighted by Gasteiger charge is -2.08. The Labute approximate surface area is 83.1 Å². The van der Waals surface area contributed by atoms with Crippen molar-refractivity contribution < 1.29 is 9.59 Å². The first-order valence-corrected chi connectivity index (χ1v) is 4.47. The molecule has 0 saturated heterocycles. The zero-order valence-corrected chi connectivity index (χ0v) is 8.28. The number of carbonyl (C=O) groups excluding carboxylic acids is 2. The molecule has 0 spiro atoms. The number of ketones is 1. The van der Waals surface area contributed by atoms with E-state index in [1.807, 2.05) is 6.07 Å². The van der Waals surface area contributed by atoms with Crippen LogP contribution in [0.4, 0.5) is 0 Å². The standard InChI is InChI=1S/C11H13NO2/c1-8(11(14)12-2)10(13)9-6-4-3-5-7-9/h3-8H,1-2H3,(H,12,14)/t8-/m0/s1. The second-order valence-electron chi connectivity index (χ2n) is 3.07. The van der Waals surface area contributed by atoms with Crippen LogP contribution in [0, 0.1) is 5.92 Å². The lowest BCUT2D eigenvalue weighted by Crippen LogP contribution is -2.30. The van der Waals surface area contributed by atoms with E-state index in [2.05, 4.69) is 5.32 Å². The van der Waals surface area contributed by atoms with Gasteiger partial charge in [0.25, 0.3) is 0 Å². The van der Waals surface area contributed by atoms with Crippen LogP contribution in [0.3, 0.4) is 0 Å². The summed E-state index contributed by atoms with van der Waals surface area (Å²) in [5.41, 5.74) is 0.573. The molecule has 1 aromatic carbocycles. The van der Waals surface area contributed by atoms with E-state index in [0.717, 1.165) is 0 Å². The minimum Gasteiger partial charge on any atom is -0.359 e. The SMILES string of the molecule is CNC(=O)[C@@H](C)C(=O)c1ccccc1. The summed E-state index contributed by atoms with van der Waals surface area (Å²) in [6.07, 6.45) is 0. The lowest BCUT2D eigenvalue weighted by atomic mass is 9.99. The molecule has 0 aromatic heterocycles. The highest BCUT2D eigenvalue weighted by atomic mass is 16.2. The van der Waals surface area contributed by atoms with Gasteiger partial charge in [-0.05, 0) is 6.92 Å². The summed E-state index contributed by atoms with van der Waals surface area (Å²) in [6.45, 7) is 1.61. The molecule has 14 heavy (non-hydrogen) atoms. The van der Waals surface area contributed by atoms with Gasteiger partial charge in [-0.15, -0.1) is 0 Å². The van der Waals surface area contributed by atoms with Gasteiger partial charge in [0.05, 0.1) is 5.92 Å². The summed E-state index contributed by atoms with van der Waals surface area (Å²) in [5.74, 6) is -1.02. The van der Waals surface area contributed by atoms with Crippen LogP contribution in [0.1, 0.15) is 17.3 Å². The van der Waals surface area contributed by atoms with E-state index in [9.17, 15) is 9.59 Å². The van der Waals surface area contributed by atoms with Gasteiger partial charge < -0.3 is 5.32 Å². The van der Waals surface area contributed by atoms with Gasteiger partial charge in [0, 0.05) is 12.6 Å². The Kier molecular flexibility index (Phi) is 3.40. The molecule has 1 atom stereocenters. The molecule has 0 aliphatic rings. The first-order valence-electron chi connectivity index (χ1n) is 4.47. The van der Waals surface area contributed by atoms with Crippen LogP contribution in [0.5, 0.6) is 0 Å². The quantitative estimate of drug-likeness (QED) is 0.577. The second-order valence-corrected chi connectivity index (χ2v) is 3.07. The molecule has 0 heterocycles. The molecule has 1 aromatic rings. The molecule has 3 nitrogen and oxygen atoms in total. The summed E-state index contributed by atoms with van der Waals surface area (Å²) in [4.78, 5) is 22.9. The molecular formula is C11H13NO2. The highest BCUT2D eigenvalue weighted by Gasteiger charge is 2.20. The number of hydrogen-bond acceptors (Lipinski definition) is 2. The first-order chi connectivity index (χ1) is 6.66. The third-order valence-electron chi connectivity index (χ3n) is 2.09. The monoisotopic (exact) mass is 191 g/mol. The molecule has 0 unspecified atom stereocenters. The molecule has 1 N–H and O–H groups in total. The largest absolute Gasteiger partial charge is 0.359 e. The number of hydrogen-bond donors (Lipinski definition) is 1. The molecule has 3 heteroatoms. The Hall–Kier alpha value is -1.64. The summed E-state index contributed by atoms with van der Waals surface area (Å²) < 4.78 is 0. The summed E-state index contributed by atoms with van der Waals surface area (Å²) in [5, 5.41) is 2.46. The van der Waals surface area contributed by atoms with Gasteiger partial charge in [-0.3, -0.25) is 9.59 Å². The smallest absolute Gasteiger partial charge is 0.230 e. The van der Waals surface area contributed by atoms with E-state index in [-0.39, 0.29) is 11.7 Å². The van der Waals surface area contributed by atoms with Crippen molar-refractivity contribution in [2.24, 2.45) is 5.92 Å². The molecule has 0 bridgehead atoms. The second kappa shape index (κ2) is 4.56. The van der Waals surface area contributed by atoms with Crippen LogP contribution in [0.15, 0.2) is 30.3 Å². The van der Waals surface area contributed by atoms with Crippen LogP contribution in [0.25, 0.3) is 0 Å². The number of benzene rings is 1. The third-order valence-corrected chi connectivity index (χ3v) is 2.09. The Morgan fingerprint density at radius 2 is 1.79 bits per heavy atom. The van der Waals surface area contributed by atoms with Gasteiger partial charge in [0.2, 0.25) is 5.91 Å². The average Bonchev–Trinajstić information content (AvgIpc) is 2.27. The summed E-state index contributed by atoms with van der Waals surface area (Å²) in [7, 11) is 1.52. The number of Topliss-reactive ketones (excluding diaryl/α,β-unsaturated/α-hetero) is 1. The highest BCUT2D eigenvalue weighted by Crippen LogP contribution is 2.08. The molecule has 0 saturated carbocycles. The van der Waals surface area contributed by atoms with Crippen molar-refractivity contribution in [1.29, 1.82) is 0 Å². The first kappa shape index (κ1) is 10.4. The van der Waals surface area contributed by atoms with Gasteiger partial charge >= 0.3 is 0 Å². The lowest BCUT2D eigenvalue weighted by molar-refractivity contribution is -0.122. The van der Waals surface area contributed by atoms with Crippen LogP contribution in [-0.2, 0) is 4.79 Å². The average molecular weight is 191 g/mol. The topological polar surface area (TPSA) is 46.2 Å². The highest BCUT2D eigenvalue weighted by molar-refractivity contribution is 6.09. The predicted octanol–water partition coefficient (Wildman–Crippen LogP) is 1.25. The molecule has 1 rings (SSSR count). The van der Waals surface area contributed by atoms with E-state index in [1.165, 1.54) is 7.05 Å². The van der Waals surface area contributed by atoms with Gasteiger partial charge in [0.15, 0.2) is 5.78 Å². The van der Waals surface area contributed by atoms with E-state index < -0.39 is 5.92 Å². The molecule has 0 radical (unpaired) electrons. The minimum absolute atomic E-state index is 0.148. The summed E-state index contributed by atoms with van der Waals surface area (Å²) >= 11 is 0. The zero-order valence-electron chi connectivity index (χ0n) is 8.28. The fraction of sp³-hybridized carbons (Fsp3) is 0.273. The van der Waals surface area contributed by atoms with Gasteiger partial charge in [-0.25, -0.2) is 0 Å². The fourth-order valence-electron chi connectivity index (χ4n) is 1.19. The fourth-order valence-corrected chi connectivity index (χ4v) is 1.19. The zero-order chi connectivity index (χ0) is 10.6. The van der Waals surface area contributed by atoms with Crippen molar-refractivity contribution in [1.82, 2.24) is 5.32 Å². The van der Waals surface area contributed by atoms with Crippen LogP contribution in [-0.4, -0.2) is 18.7 Å². The van der Waals surface area contributed by atoms with Crippen LogP contribution >= 0.6 is 0 Å². The van der Waals surface area contributed by atoms with Crippen molar-refractivity contribution >= 4 is 11.7 Å². The van der Waals surface area contributed by atoms with E-state index in [1.54, 1.807) is 31.2 Å². The normalized spacial score (nSPS) is 11.9. The van der Waals surface area contributed by atoms with Crippen molar-refractivity contribution in [2.75, 3.05) is 7.05 Å². The third kappa shape index (κ3) is 2.19.